The van der Waals surface area contributed by atoms with Crippen LogP contribution in [-0.4, -0.2) is 44.0 Å². The number of amides is 1. The summed E-state index contributed by atoms with van der Waals surface area (Å²) in [6.07, 6.45) is -1.04. The van der Waals surface area contributed by atoms with Crippen LogP contribution in [0, 0.1) is 0 Å². The van der Waals surface area contributed by atoms with Gasteiger partial charge in [-0.15, -0.1) is 0 Å². The Balaban J connectivity index is 2.22. The molecule has 0 aliphatic rings. The smallest absolute Gasteiger partial charge is 0.339 e. The molecule has 0 aromatic heterocycles. The molecule has 0 heterocycles. The molecule has 0 saturated heterocycles. The lowest BCUT2D eigenvalue weighted by atomic mass is 10.1. The fraction of sp³-hybridized carbons (Fsp3) is 0.211. The highest BCUT2D eigenvalue weighted by molar-refractivity contribution is 5.94. The van der Waals surface area contributed by atoms with E-state index in [0.717, 1.165) is 0 Å². The van der Waals surface area contributed by atoms with E-state index in [1.807, 2.05) is 6.07 Å². The van der Waals surface area contributed by atoms with Crippen LogP contribution in [0.4, 0.5) is 0 Å². The first-order chi connectivity index (χ1) is 11.9. The number of nitrogens with zero attached hydrogens (tertiary/aromatic N) is 1. The molecule has 0 radical (unpaired) electrons. The van der Waals surface area contributed by atoms with E-state index < -0.39 is 18.0 Å². The van der Waals surface area contributed by atoms with Gasteiger partial charge < -0.3 is 14.4 Å². The van der Waals surface area contributed by atoms with Crippen molar-refractivity contribution < 1.29 is 23.9 Å². The summed E-state index contributed by atoms with van der Waals surface area (Å²) in [6, 6.07) is 14.6. The molecule has 0 aliphatic heterocycles. The molecule has 0 spiro atoms. The molecule has 2 aromatic carbocycles. The molecule has 0 aliphatic carbocycles. The Bertz CT molecular complexity index is 753. The van der Waals surface area contributed by atoms with Crippen LogP contribution in [0.2, 0.25) is 0 Å². The standard InChI is InChI=1S/C19H19NO5/c1-20(2)17(21)16(13-7-5-4-6-8-13)25-19(23)15-11-9-14(10-12-15)18(22)24-3/h4-12,16H,1-3H3/t16-/m0/s1. The minimum absolute atomic E-state index is 0.236. The summed E-state index contributed by atoms with van der Waals surface area (Å²) in [5.74, 6) is -1.49. The summed E-state index contributed by atoms with van der Waals surface area (Å²) in [5.41, 5.74) is 1.14. The summed E-state index contributed by atoms with van der Waals surface area (Å²) < 4.78 is 10.0. The maximum Gasteiger partial charge on any atom is 0.339 e. The van der Waals surface area contributed by atoms with Crippen LogP contribution >= 0.6 is 0 Å². The fourth-order valence-corrected chi connectivity index (χ4v) is 2.16. The fourth-order valence-electron chi connectivity index (χ4n) is 2.16. The molecule has 6 heteroatoms. The summed E-state index contributed by atoms with van der Waals surface area (Å²) in [6.45, 7) is 0. The summed E-state index contributed by atoms with van der Waals surface area (Å²) >= 11 is 0. The second-order valence-corrected chi connectivity index (χ2v) is 5.50. The Morgan fingerprint density at radius 1 is 0.840 bits per heavy atom. The molecule has 0 unspecified atom stereocenters. The first-order valence-corrected chi connectivity index (χ1v) is 7.59. The Hall–Kier alpha value is -3.15. The molecule has 0 saturated carbocycles. The Labute approximate surface area is 146 Å². The minimum Gasteiger partial charge on any atom is -0.465 e. The molecule has 6 nitrogen and oxygen atoms in total. The van der Waals surface area contributed by atoms with Crippen molar-refractivity contribution in [3.05, 3.63) is 71.3 Å². The van der Waals surface area contributed by atoms with Crippen LogP contribution in [0.3, 0.4) is 0 Å². The van der Waals surface area contributed by atoms with Gasteiger partial charge >= 0.3 is 11.9 Å². The van der Waals surface area contributed by atoms with Gasteiger partial charge in [-0.3, -0.25) is 4.79 Å². The number of methoxy groups -OCH3 is 1. The van der Waals surface area contributed by atoms with Crippen molar-refractivity contribution in [3.8, 4) is 0 Å². The SMILES string of the molecule is COC(=O)c1ccc(C(=O)O[C@H](C(=O)N(C)C)c2ccccc2)cc1. The molecule has 0 bridgehead atoms. The summed E-state index contributed by atoms with van der Waals surface area (Å²) in [5, 5.41) is 0. The second-order valence-electron chi connectivity index (χ2n) is 5.50. The number of ether oxygens (including phenoxy) is 2. The minimum atomic E-state index is -1.04. The van der Waals surface area contributed by atoms with Crippen LogP contribution in [0.15, 0.2) is 54.6 Å². The van der Waals surface area contributed by atoms with Crippen molar-refractivity contribution in [1.82, 2.24) is 4.90 Å². The van der Waals surface area contributed by atoms with Crippen molar-refractivity contribution in [2.45, 2.75) is 6.10 Å². The number of benzene rings is 2. The molecular weight excluding hydrogens is 322 g/mol. The topological polar surface area (TPSA) is 72.9 Å². The van der Waals surface area contributed by atoms with Gasteiger partial charge in [-0.2, -0.15) is 0 Å². The zero-order valence-corrected chi connectivity index (χ0v) is 14.3. The predicted molar refractivity (Wildman–Crippen MR) is 91.1 cm³/mol. The largest absolute Gasteiger partial charge is 0.465 e. The number of esters is 2. The Morgan fingerprint density at radius 3 is 1.84 bits per heavy atom. The lowest BCUT2D eigenvalue weighted by Crippen LogP contribution is -2.31. The molecule has 2 aromatic rings. The molecule has 1 atom stereocenters. The van der Waals surface area contributed by atoms with Gasteiger partial charge in [-0.05, 0) is 24.3 Å². The number of carbonyl (C=O) groups excluding carboxylic acids is 3. The van der Waals surface area contributed by atoms with Gasteiger partial charge in [0.2, 0.25) is 6.10 Å². The van der Waals surface area contributed by atoms with Gasteiger partial charge in [-0.25, -0.2) is 9.59 Å². The predicted octanol–water partition coefficient (Wildman–Crippen LogP) is 2.46. The highest BCUT2D eigenvalue weighted by Crippen LogP contribution is 2.21. The van der Waals surface area contributed by atoms with Crippen molar-refractivity contribution in [2.24, 2.45) is 0 Å². The lowest BCUT2D eigenvalue weighted by molar-refractivity contribution is -0.138. The van der Waals surface area contributed by atoms with Gasteiger partial charge in [0.25, 0.3) is 5.91 Å². The van der Waals surface area contributed by atoms with E-state index in [1.165, 1.54) is 36.3 Å². The van der Waals surface area contributed by atoms with E-state index in [1.54, 1.807) is 38.4 Å². The van der Waals surface area contributed by atoms with Gasteiger partial charge in [0.05, 0.1) is 18.2 Å². The third-order valence-electron chi connectivity index (χ3n) is 3.53. The van der Waals surface area contributed by atoms with E-state index in [-0.39, 0.29) is 11.5 Å². The number of likely N-dealkylation sites (N-methyl/N-ethyl adjacent to an activating group) is 1. The third-order valence-corrected chi connectivity index (χ3v) is 3.53. The van der Waals surface area contributed by atoms with E-state index in [0.29, 0.717) is 11.1 Å². The first kappa shape index (κ1) is 18.2. The van der Waals surface area contributed by atoms with E-state index in [4.69, 9.17) is 4.74 Å². The highest BCUT2D eigenvalue weighted by atomic mass is 16.5. The summed E-state index contributed by atoms with van der Waals surface area (Å²) in [7, 11) is 4.47. The van der Waals surface area contributed by atoms with Gasteiger partial charge in [-0.1, -0.05) is 30.3 Å². The second kappa shape index (κ2) is 8.10. The van der Waals surface area contributed by atoms with Gasteiger partial charge in [0.1, 0.15) is 0 Å². The summed E-state index contributed by atoms with van der Waals surface area (Å²) in [4.78, 5) is 37.6. The van der Waals surface area contributed by atoms with Crippen LogP contribution in [0.25, 0.3) is 0 Å². The normalized spacial score (nSPS) is 11.3. The Kier molecular flexibility index (Phi) is 5.89. The number of rotatable bonds is 5. The molecule has 130 valence electrons. The molecule has 0 N–H and O–H groups in total. The highest BCUT2D eigenvalue weighted by Gasteiger charge is 2.27. The number of carbonyl (C=O) groups is 3. The molecule has 25 heavy (non-hydrogen) atoms. The third kappa shape index (κ3) is 4.44. The molecule has 0 fully saturated rings. The van der Waals surface area contributed by atoms with Crippen LogP contribution in [-0.2, 0) is 14.3 Å². The maximum absolute atomic E-state index is 12.4. The average molecular weight is 341 g/mol. The molecular formula is C19H19NO5. The van der Waals surface area contributed by atoms with Crippen molar-refractivity contribution in [2.75, 3.05) is 21.2 Å². The van der Waals surface area contributed by atoms with Crippen LogP contribution < -0.4 is 0 Å². The van der Waals surface area contributed by atoms with E-state index in [2.05, 4.69) is 4.74 Å². The maximum atomic E-state index is 12.4. The van der Waals surface area contributed by atoms with Gasteiger partial charge in [0.15, 0.2) is 0 Å². The van der Waals surface area contributed by atoms with Crippen LogP contribution in [0.1, 0.15) is 32.4 Å². The zero-order valence-electron chi connectivity index (χ0n) is 14.3. The monoisotopic (exact) mass is 341 g/mol. The van der Waals surface area contributed by atoms with Crippen LogP contribution in [0.5, 0.6) is 0 Å². The quantitative estimate of drug-likeness (QED) is 0.781. The molecule has 2 rings (SSSR count). The van der Waals surface area contributed by atoms with Gasteiger partial charge in [0, 0.05) is 19.7 Å². The molecule has 1 amide bonds. The van der Waals surface area contributed by atoms with E-state index >= 15 is 0 Å². The van der Waals surface area contributed by atoms with E-state index in [9.17, 15) is 14.4 Å². The number of hydrogen-bond acceptors (Lipinski definition) is 5. The first-order valence-electron chi connectivity index (χ1n) is 7.59. The average Bonchev–Trinajstić information content (AvgIpc) is 2.65. The lowest BCUT2D eigenvalue weighted by Gasteiger charge is -2.21. The van der Waals surface area contributed by atoms with Crippen molar-refractivity contribution in [1.29, 1.82) is 0 Å². The van der Waals surface area contributed by atoms with Crippen molar-refractivity contribution in [3.63, 3.8) is 0 Å². The number of hydrogen-bond donors (Lipinski definition) is 0. The van der Waals surface area contributed by atoms with Crippen molar-refractivity contribution >= 4 is 17.8 Å². The zero-order chi connectivity index (χ0) is 18.4. The Morgan fingerprint density at radius 2 is 1.36 bits per heavy atom.